The topological polar surface area (TPSA) is 150 Å². The van der Waals surface area contributed by atoms with Crippen LogP contribution in [0.4, 0.5) is 40.1 Å². The van der Waals surface area contributed by atoms with E-state index in [9.17, 15) is 27.6 Å². The first-order valence-electron chi connectivity index (χ1n) is 10.3. The van der Waals surface area contributed by atoms with Gasteiger partial charge in [-0.25, -0.2) is 19.6 Å². The standard InChI is InChI=1S/C20H19F3N8O5/c1-28-5-6-30(18(28)33)15-12(8-29(2)27-15)25-16(32)13-9-36-17(26-13)11-3-4-24-14(7-11)31(19(34)35)10-20(21,22)23/h3-4,7-9H,5-6,10H2,1-2H3,(H,25,32)(H,34,35). The number of nitrogens with one attached hydrogen (secondary N) is 1. The maximum absolute atomic E-state index is 12.8. The van der Waals surface area contributed by atoms with Crippen LogP contribution in [0.2, 0.25) is 0 Å². The molecule has 13 nitrogen and oxygen atoms in total. The minimum absolute atomic E-state index is 0.0288. The van der Waals surface area contributed by atoms with Gasteiger partial charge in [0.1, 0.15) is 24.3 Å². The Morgan fingerprint density at radius 2 is 2.03 bits per heavy atom. The fourth-order valence-electron chi connectivity index (χ4n) is 3.43. The van der Waals surface area contributed by atoms with Crippen molar-refractivity contribution < 1.29 is 37.1 Å². The smallest absolute Gasteiger partial charge is 0.413 e. The predicted molar refractivity (Wildman–Crippen MR) is 118 cm³/mol. The number of carbonyl (C=O) groups excluding carboxylic acids is 2. The number of rotatable bonds is 6. The molecule has 1 aliphatic rings. The van der Waals surface area contributed by atoms with E-state index < -0.39 is 30.5 Å². The van der Waals surface area contributed by atoms with Crippen LogP contribution in [0.5, 0.6) is 0 Å². The number of carbonyl (C=O) groups is 3. The summed E-state index contributed by atoms with van der Waals surface area (Å²) in [6.45, 7) is -0.887. The summed E-state index contributed by atoms with van der Waals surface area (Å²) >= 11 is 0. The molecule has 4 heterocycles. The Hall–Kier alpha value is -4.63. The summed E-state index contributed by atoms with van der Waals surface area (Å²) < 4.78 is 45.1. The fraction of sp³-hybridized carbons (Fsp3) is 0.300. The third-order valence-electron chi connectivity index (χ3n) is 5.10. The molecule has 0 atom stereocenters. The van der Waals surface area contributed by atoms with E-state index in [4.69, 9.17) is 9.52 Å². The van der Waals surface area contributed by atoms with E-state index in [2.05, 4.69) is 20.4 Å². The number of likely N-dealkylation sites (N-methyl/N-ethyl adjacent to an activating group) is 1. The van der Waals surface area contributed by atoms with Crippen molar-refractivity contribution in [2.24, 2.45) is 7.05 Å². The third-order valence-corrected chi connectivity index (χ3v) is 5.10. The van der Waals surface area contributed by atoms with Crippen LogP contribution in [0, 0.1) is 0 Å². The molecule has 4 amide bonds. The van der Waals surface area contributed by atoms with Crippen LogP contribution in [0.25, 0.3) is 11.5 Å². The Morgan fingerprint density at radius 3 is 2.67 bits per heavy atom. The van der Waals surface area contributed by atoms with E-state index in [0.717, 1.165) is 18.5 Å². The summed E-state index contributed by atoms with van der Waals surface area (Å²) in [5.74, 6) is -1.09. The second kappa shape index (κ2) is 9.20. The van der Waals surface area contributed by atoms with Crippen molar-refractivity contribution in [3.8, 4) is 11.5 Å². The molecular formula is C20H19F3N8O5. The van der Waals surface area contributed by atoms with Gasteiger partial charge in [-0.2, -0.15) is 18.3 Å². The molecule has 190 valence electrons. The van der Waals surface area contributed by atoms with E-state index in [0.29, 0.717) is 13.1 Å². The number of amides is 4. The van der Waals surface area contributed by atoms with Crippen molar-refractivity contribution in [1.82, 2.24) is 24.6 Å². The number of halogens is 3. The molecule has 3 aromatic heterocycles. The molecule has 0 radical (unpaired) electrons. The number of hydrogen-bond donors (Lipinski definition) is 2. The van der Waals surface area contributed by atoms with Crippen LogP contribution in [0.3, 0.4) is 0 Å². The average molecular weight is 508 g/mol. The fourth-order valence-corrected chi connectivity index (χ4v) is 3.43. The number of oxazole rings is 1. The second-order valence-electron chi connectivity index (χ2n) is 7.77. The Labute approximate surface area is 200 Å². The molecule has 0 saturated carbocycles. The van der Waals surface area contributed by atoms with Crippen LogP contribution < -0.4 is 15.1 Å². The van der Waals surface area contributed by atoms with Gasteiger partial charge < -0.3 is 19.7 Å². The number of nitrogens with zero attached hydrogens (tertiary/aromatic N) is 7. The lowest BCUT2D eigenvalue weighted by molar-refractivity contribution is -0.119. The van der Waals surface area contributed by atoms with Crippen LogP contribution in [-0.2, 0) is 7.05 Å². The van der Waals surface area contributed by atoms with Crippen LogP contribution in [-0.4, -0.2) is 80.6 Å². The first kappa shape index (κ1) is 24.5. The summed E-state index contributed by atoms with van der Waals surface area (Å²) in [6.07, 6.45) is -3.01. The minimum atomic E-state index is -4.79. The summed E-state index contributed by atoms with van der Waals surface area (Å²) in [5.41, 5.74) is 0.180. The van der Waals surface area contributed by atoms with Gasteiger partial charge in [0.2, 0.25) is 5.89 Å². The molecule has 2 N–H and O–H groups in total. The van der Waals surface area contributed by atoms with Crippen molar-refractivity contribution in [3.63, 3.8) is 0 Å². The number of anilines is 3. The molecule has 1 aliphatic heterocycles. The van der Waals surface area contributed by atoms with Crippen LogP contribution in [0.15, 0.2) is 35.2 Å². The van der Waals surface area contributed by atoms with Gasteiger partial charge in [-0.05, 0) is 12.1 Å². The number of hydrogen-bond acceptors (Lipinski definition) is 7. The highest BCUT2D eigenvalue weighted by molar-refractivity contribution is 6.06. The van der Waals surface area contributed by atoms with Gasteiger partial charge in [0.25, 0.3) is 5.91 Å². The maximum Gasteiger partial charge on any atom is 0.413 e. The maximum atomic E-state index is 12.8. The lowest BCUT2D eigenvalue weighted by atomic mass is 10.2. The molecule has 16 heteroatoms. The summed E-state index contributed by atoms with van der Waals surface area (Å²) in [5, 5.41) is 16.0. The highest BCUT2D eigenvalue weighted by Gasteiger charge is 2.35. The molecule has 3 aromatic rings. The Kier molecular flexibility index (Phi) is 6.26. The van der Waals surface area contributed by atoms with Gasteiger partial charge >= 0.3 is 18.3 Å². The molecule has 0 bridgehead atoms. The third kappa shape index (κ3) is 5.06. The first-order valence-corrected chi connectivity index (χ1v) is 10.3. The number of aryl methyl sites for hydroxylation is 1. The molecule has 0 spiro atoms. The van der Waals surface area contributed by atoms with Crippen LogP contribution >= 0.6 is 0 Å². The SMILES string of the molecule is CN1CCN(c2nn(C)cc2NC(=O)c2coc(-c3ccnc(N(CC(F)(F)F)C(=O)O)c3)n2)C1=O. The van der Waals surface area contributed by atoms with Gasteiger partial charge in [0.15, 0.2) is 11.5 Å². The zero-order valence-electron chi connectivity index (χ0n) is 18.9. The normalized spacial score (nSPS) is 13.9. The van der Waals surface area contributed by atoms with E-state index >= 15 is 0 Å². The zero-order valence-corrected chi connectivity index (χ0v) is 18.9. The second-order valence-corrected chi connectivity index (χ2v) is 7.77. The molecule has 36 heavy (non-hydrogen) atoms. The van der Waals surface area contributed by atoms with Crippen molar-refractivity contribution >= 4 is 35.4 Å². The Balaban J connectivity index is 1.54. The number of aromatic nitrogens is 4. The number of pyridine rings is 1. The molecule has 0 aliphatic carbocycles. The lowest BCUT2D eigenvalue weighted by Crippen LogP contribution is -2.38. The number of urea groups is 1. The summed E-state index contributed by atoms with van der Waals surface area (Å²) in [6, 6.07) is 2.10. The number of alkyl halides is 3. The molecule has 0 aromatic carbocycles. The molecule has 4 rings (SSSR count). The number of carboxylic acid groups (broad SMARTS) is 1. The van der Waals surface area contributed by atoms with Crippen molar-refractivity contribution in [2.75, 3.05) is 41.8 Å². The largest absolute Gasteiger partial charge is 0.465 e. The van der Waals surface area contributed by atoms with E-state index in [1.807, 2.05) is 0 Å². The summed E-state index contributed by atoms with van der Waals surface area (Å²) in [7, 11) is 3.27. The minimum Gasteiger partial charge on any atom is -0.465 e. The quantitative estimate of drug-likeness (QED) is 0.516. The molecule has 1 fully saturated rings. The van der Waals surface area contributed by atoms with E-state index in [1.165, 1.54) is 26.7 Å². The van der Waals surface area contributed by atoms with Gasteiger partial charge in [0.05, 0.1) is 6.20 Å². The van der Waals surface area contributed by atoms with Gasteiger partial charge in [-0.3, -0.25) is 19.3 Å². The van der Waals surface area contributed by atoms with Gasteiger partial charge in [0, 0.05) is 38.9 Å². The highest BCUT2D eigenvalue weighted by Crippen LogP contribution is 2.28. The zero-order chi connectivity index (χ0) is 26.2. The van der Waals surface area contributed by atoms with E-state index in [-0.39, 0.29) is 39.6 Å². The van der Waals surface area contributed by atoms with E-state index in [1.54, 1.807) is 14.1 Å². The van der Waals surface area contributed by atoms with Crippen molar-refractivity contribution in [1.29, 1.82) is 0 Å². The van der Waals surface area contributed by atoms with Crippen molar-refractivity contribution in [3.05, 3.63) is 36.5 Å². The molecule has 0 unspecified atom stereocenters. The molecule has 1 saturated heterocycles. The van der Waals surface area contributed by atoms with Gasteiger partial charge in [-0.1, -0.05) is 0 Å². The molecular weight excluding hydrogens is 489 g/mol. The van der Waals surface area contributed by atoms with Crippen LogP contribution in [0.1, 0.15) is 10.5 Å². The van der Waals surface area contributed by atoms with Gasteiger partial charge in [-0.15, -0.1) is 0 Å². The average Bonchev–Trinajstić information content (AvgIpc) is 3.51. The predicted octanol–water partition coefficient (Wildman–Crippen LogP) is 2.64. The monoisotopic (exact) mass is 508 g/mol. The Bertz CT molecular complexity index is 1320. The first-order chi connectivity index (χ1) is 16.9. The van der Waals surface area contributed by atoms with Crippen molar-refractivity contribution in [2.45, 2.75) is 6.18 Å². The lowest BCUT2D eigenvalue weighted by Gasteiger charge is -2.19. The summed E-state index contributed by atoms with van der Waals surface area (Å²) in [4.78, 5) is 47.1. The highest BCUT2D eigenvalue weighted by atomic mass is 19.4. The Morgan fingerprint density at radius 1 is 1.28 bits per heavy atom.